The Bertz CT molecular complexity index is 463. The van der Waals surface area contributed by atoms with Crippen molar-refractivity contribution in [3.8, 4) is 0 Å². The number of carbonyl (C=O) groups is 2. The first-order valence-electron chi connectivity index (χ1n) is 5.60. The molecule has 0 saturated heterocycles. The van der Waals surface area contributed by atoms with Gasteiger partial charge in [0.2, 0.25) is 0 Å². The third-order valence-electron chi connectivity index (χ3n) is 2.78. The molecular formula is C12H17NO5. The van der Waals surface area contributed by atoms with Gasteiger partial charge in [-0.15, -0.1) is 0 Å². The molecule has 0 spiro atoms. The second kappa shape index (κ2) is 5.68. The monoisotopic (exact) mass is 255 g/mol. The molecule has 100 valence electrons. The topological polar surface area (TPSA) is 99.8 Å². The number of aliphatic carboxylic acids is 1. The van der Waals surface area contributed by atoms with Gasteiger partial charge in [0.1, 0.15) is 11.5 Å². The Morgan fingerprint density at radius 2 is 1.89 bits per heavy atom. The van der Waals surface area contributed by atoms with Gasteiger partial charge < -0.3 is 19.9 Å². The van der Waals surface area contributed by atoms with Crippen LogP contribution in [0.1, 0.15) is 33.9 Å². The van der Waals surface area contributed by atoms with Crippen molar-refractivity contribution >= 4 is 11.9 Å². The minimum Gasteiger partial charge on any atom is -0.479 e. The lowest BCUT2D eigenvalue weighted by Crippen LogP contribution is -2.30. The molecule has 1 heterocycles. The molecule has 0 aliphatic rings. The number of aryl methyl sites for hydroxylation is 2. The van der Waals surface area contributed by atoms with Crippen LogP contribution in [-0.2, 0) is 4.79 Å². The van der Waals surface area contributed by atoms with Gasteiger partial charge in [0, 0.05) is 18.5 Å². The lowest BCUT2D eigenvalue weighted by Gasteiger charge is -2.07. The normalized spacial score (nSPS) is 12.2. The van der Waals surface area contributed by atoms with E-state index in [1.165, 1.54) is 0 Å². The predicted octanol–water partition coefficient (Wildman–Crippen LogP) is 0.770. The highest BCUT2D eigenvalue weighted by Crippen LogP contribution is 2.20. The van der Waals surface area contributed by atoms with Crippen LogP contribution in [0.2, 0.25) is 0 Å². The molecule has 1 rings (SSSR count). The van der Waals surface area contributed by atoms with Crippen LogP contribution >= 0.6 is 0 Å². The highest BCUT2D eigenvalue weighted by molar-refractivity contribution is 5.96. The lowest BCUT2D eigenvalue weighted by molar-refractivity contribution is -0.146. The highest BCUT2D eigenvalue weighted by atomic mass is 16.4. The zero-order chi connectivity index (χ0) is 13.9. The fourth-order valence-electron chi connectivity index (χ4n) is 1.66. The summed E-state index contributed by atoms with van der Waals surface area (Å²) in [6.07, 6.45) is -1.49. The van der Waals surface area contributed by atoms with E-state index in [2.05, 4.69) is 5.32 Å². The maximum absolute atomic E-state index is 11.9. The van der Waals surface area contributed by atoms with Crippen LogP contribution in [-0.4, -0.2) is 34.7 Å². The Kier molecular flexibility index (Phi) is 4.49. The van der Waals surface area contributed by atoms with Crippen LogP contribution in [0.4, 0.5) is 0 Å². The van der Waals surface area contributed by atoms with Crippen LogP contribution < -0.4 is 5.32 Å². The average molecular weight is 255 g/mol. The number of carbonyl (C=O) groups excluding carboxylic acids is 1. The number of hydrogen-bond acceptors (Lipinski definition) is 4. The Hall–Kier alpha value is -1.82. The number of aliphatic hydroxyl groups excluding tert-OH is 1. The summed E-state index contributed by atoms with van der Waals surface area (Å²) in [4.78, 5) is 22.2. The van der Waals surface area contributed by atoms with Crippen molar-refractivity contribution in [1.82, 2.24) is 5.32 Å². The molecule has 1 amide bonds. The zero-order valence-corrected chi connectivity index (χ0v) is 10.6. The number of nitrogens with one attached hydrogen (secondary N) is 1. The van der Waals surface area contributed by atoms with E-state index in [9.17, 15) is 9.59 Å². The van der Waals surface area contributed by atoms with E-state index in [1.54, 1.807) is 20.8 Å². The van der Waals surface area contributed by atoms with Crippen molar-refractivity contribution in [2.45, 2.75) is 33.3 Å². The highest BCUT2D eigenvalue weighted by Gasteiger charge is 2.19. The minimum absolute atomic E-state index is 0.0317. The molecule has 6 nitrogen and oxygen atoms in total. The molecule has 6 heteroatoms. The van der Waals surface area contributed by atoms with Crippen molar-refractivity contribution < 1.29 is 24.2 Å². The van der Waals surface area contributed by atoms with Crippen molar-refractivity contribution in [3.63, 3.8) is 0 Å². The maximum atomic E-state index is 11.9. The molecule has 18 heavy (non-hydrogen) atoms. The molecule has 0 aliphatic heterocycles. The van der Waals surface area contributed by atoms with Crippen LogP contribution in [0.5, 0.6) is 0 Å². The van der Waals surface area contributed by atoms with Gasteiger partial charge in [-0.05, 0) is 20.8 Å². The summed E-state index contributed by atoms with van der Waals surface area (Å²) in [5, 5.41) is 20.1. The van der Waals surface area contributed by atoms with E-state index in [-0.39, 0.29) is 18.9 Å². The summed E-state index contributed by atoms with van der Waals surface area (Å²) in [6, 6.07) is 0. The number of aliphatic hydroxyl groups is 1. The summed E-state index contributed by atoms with van der Waals surface area (Å²) < 4.78 is 5.33. The molecule has 1 atom stereocenters. The molecule has 1 aromatic rings. The quantitative estimate of drug-likeness (QED) is 0.721. The predicted molar refractivity (Wildman–Crippen MR) is 63.5 cm³/mol. The number of rotatable bonds is 5. The maximum Gasteiger partial charge on any atom is 0.332 e. The SMILES string of the molecule is Cc1oc(C)c(C(=O)NCC[C@H](O)C(=O)O)c1C. The third kappa shape index (κ3) is 3.10. The van der Waals surface area contributed by atoms with Crippen molar-refractivity contribution in [2.75, 3.05) is 6.54 Å². The lowest BCUT2D eigenvalue weighted by atomic mass is 10.1. The third-order valence-corrected chi connectivity index (χ3v) is 2.78. The van der Waals surface area contributed by atoms with E-state index < -0.39 is 12.1 Å². The Labute approximate surface area is 105 Å². The molecule has 0 unspecified atom stereocenters. The summed E-state index contributed by atoms with van der Waals surface area (Å²) in [5.41, 5.74) is 1.24. The molecule has 0 radical (unpaired) electrons. The summed E-state index contributed by atoms with van der Waals surface area (Å²) >= 11 is 0. The van der Waals surface area contributed by atoms with Crippen LogP contribution in [0.3, 0.4) is 0 Å². The van der Waals surface area contributed by atoms with Gasteiger partial charge in [0.25, 0.3) is 5.91 Å². The first kappa shape index (κ1) is 14.2. The van der Waals surface area contributed by atoms with Gasteiger partial charge in [0.05, 0.1) is 5.56 Å². The molecule has 0 aliphatic carbocycles. The van der Waals surface area contributed by atoms with E-state index in [4.69, 9.17) is 14.6 Å². The fraction of sp³-hybridized carbons (Fsp3) is 0.500. The van der Waals surface area contributed by atoms with Crippen LogP contribution in [0.15, 0.2) is 4.42 Å². The molecule has 0 fully saturated rings. The van der Waals surface area contributed by atoms with Gasteiger partial charge in [0.15, 0.2) is 6.10 Å². The Morgan fingerprint density at radius 1 is 1.28 bits per heavy atom. The smallest absolute Gasteiger partial charge is 0.332 e. The molecule has 0 saturated carbocycles. The van der Waals surface area contributed by atoms with E-state index in [0.29, 0.717) is 17.1 Å². The number of carboxylic acids is 1. The largest absolute Gasteiger partial charge is 0.479 e. The van der Waals surface area contributed by atoms with Crippen LogP contribution in [0.25, 0.3) is 0 Å². The van der Waals surface area contributed by atoms with E-state index >= 15 is 0 Å². The summed E-state index contributed by atoms with van der Waals surface area (Å²) in [5.74, 6) is -0.403. The van der Waals surface area contributed by atoms with Crippen molar-refractivity contribution in [2.24, 2.45) is 0 Å². The zero-order valence-electron chi connectivity index (χ0n) is 10.6. The van der Waals surface area contributed by atoms with Crippen LogP contribution in [0, 0.1) is 20.8 Å². The van der Waals surface area contributed by atoms with Gasteiger partial charge in [-0.3, -0.25) is 4.79 Å². The number of carboxylic acid groups (broad SMARTS) is 1. The number of furan rings is 1. The molecule has 3 N–H and O–H groups in total. The molecule has 0 aromatic carbocycles. The first-order valence-corrected chi connectivity index (χ1v) is 5.60. The fourth-order valence-corrected chi connectivity index (χ4v) is 1.66. The number of hydrogen-bond donors (Lipinski definition) is 3. The summed E-state index contributed by atoms with van der Waals surface area (Å²) in [7, 11) is 0. The first-order chi connectivity index (χ1) is 8.34. The Balaban J connectivity index is 2.59. The van der Waals surface area contributed by atoms with E-state index in [0.717, 1.165) is 5.56 Å². The minimum atomic E-state index is -1.46. The molecule has 0 bridgehead atoms. The Morgan fingerprint density at radius 3 is 2.33 bits per heavy atom. The second-order valence-electron chi connectivity index (χ2n) is 4.11. The van der Waals surface area contributed by atoms with Gasteiger partial charge in [-0.2, -0.15) is 0 Å². The standard InChI is InChI=1S/C12H17NO5/c1-6-7(2)18-8(3)10(6)11(15)13-5-4-9(14)12(16)17/h9,14H,4-5H2,1-3H3,(H,13,15)(H,16,17)/t9-/m0/s1. The van der Waals surface area contributed by atoms with E-state index in [1.807, 2.05) is 0 Å². The summed E-state index contributed by atoms with van der Waals surface area (Å²) in [6.45, 7) is 5.34. The van der Waals surface area contributed by atoms with Crippen molar-refractivity contribution in [1.29, 1.82) is 0 Å². The molecular weight excluding hydrogens is 238 g/mol. The average Bonchev–Trinajstić information content (AvgIpc) is 2.52. The van der Waals surface area contributed by atoms with Gasteiger partial charge >= 0.3 is 5.97 Å². The van der Waals surface area contributed by atoms with Gasteiger partial charge in [-0.25, -0.2) is 4.79 Å². The van der Waals surface area contributed by atoms with Crippen molar-refractivity contribution in [3.05, 3.63) is 22.6 Å². The second-order valence-corrected chi connectivity index (χ2v) is 4.11. The molecule has 1 aromatic heterocycles. The number of amides is 1. The van der Waals surface area contributed by atoms with Gasteiger partial charge in [-0.1, -0.05) is 0 Å².